The van der Waals surface area contributed by atoms with Crippen molar-refractivity contribution >= 4 is 63.2 Å². The molecular weight excluding hydrogens is 399 g/mol. The lowest BCUT2D eigenvalue weighted by molar-refractivity contribution is -0.136. The maximum Gasteiger partial charge on any atom is 0.359 e. The van der Waals surface area contributed by atoms with E-state index in [-0.39, 0.29) is 18.0 Å². The van der Waals surface area contributed by atoms with Gasteiger partial charge in [-0.3, -0.25) is 0 Å². The molecule has 0 saturated heterocycles. The van der Waals surface area contributed by atoms with Crippen LogP contribution < -0.4 is 5.73 Å². The summed E-state index contributed by atoms with van der Waals surface area (Å²) in [6, 6.07) is 9.91. The van der Waals surface area contributed by atoms with Crippen molar-refractivity contribution in [3.63, 3.8) is 0 Å². The Morgan fingerprint density at radius 1 is 1.19 bits per heavy atom. The van der Waals surface area contributed by atoms with E-state index in [2.05, 4.69) is 10.3 Å². The number of halogens is 3. The average Bonchev–Trinajstić information content (AvgIpc) is 2.98. The second kappa shape index (κ2) is 7.53. The lowest BCUT2D eigenvalue weighted by Gasteiger charge is -2.12. The van der Waals surface area contributed by atoms with E-state index in [0.717, 1.165) is 0 Å². The molecule has 0 fully saturated rings. The van der Waals surface area contributed by atoms with Crippen molar-refractivity contribution in [2.75, 3.05) is 6.61 Å². The third-order valence-electron chi connectivity index (χ3n) is 3.56. The van der Waals surface area contributed by atoms with Crippen LogP contribution in [0.5, 0.6) is 0 Å². The van der Waals surface area contributed by atoms with Crippen molar-refractivity contribution in [2.45, 2.75) is 6.92 Å². The highest BCUT2D eigenvalue weighted by molar-refractivity contribution is 6.42. The molecule has 0 aliphatic carbocycles. The molecule has 0 bridgehead atoms. The van der Waals surface area contributed by atoms with Crippen LogP contribution in [-0.4, -0.2) is 27.6 Å². The summed E-state index contributed by atoms with van der Waals surface area (Å²) >= 11 is 18.1. The quantitative estimate of drug-likeness (QED) is 0.513. The first-order valence-electron chi connectivity index (χ1n) is 7.56. The monoisotopic (exact) mass is 410 g/mol. The molecule has 9 heteroatoms. The summed E-state index contributed by atoms with van der Waals surface area (Å²) in [5.74, 6) is -0.650. The van der Waals surface area contributed by atoms with E-state index in [1.807, 2.05) is 0 Å². The largest absolute Gasteiger partial charge is 0.461 e. The highest BCUT2D eigenvalue weighted by Gasteiger charge is 2.23. The number of rotatable bonds is 4. The number of nitrogens with two attached hydrogens (primary N) is 1. The average molecular weight is 412 g/mol. The van der Waals surface area contributed by atoms with Crippen LogP contribution in [0.25, 0.3) is 22.4 Å². The molecule has 1 heterocycles. The third kappa shape index (κ3) is 3.49. The number of hydrogen-bond acceptors (Lipinski definition) is 5. The highest BCUT2D eigenvalue weighted by Crippen LogP contribution is 2.29. The van der Waals surface area contributed by atoms with E-state index >= 15 is 0 Å². The zero-order valence-corrected chi connectivity index (χ0v) is 15.8. The zero-order chi connectivity index (χ0) is 18.8. The van der Waals surface area contributed by atoms with E-state index in [4.69, 9.17) is 45.3 Å². The Labute approximate surface area is 164 Å². The number of benzene rings is 2. The molecular formula is C17H13Cl3N4O2. The van der Waals surface area contributed by atoms with Crippen LogP contribution in [-0.2, 0) is 9.53 Å². The molecule has 6 nitrogen and oxygen atoms in total. The van der Waals surface area contributed by atoms with Crippen LogP contribution in [0.2, 0.25) is 15.1 Å². The van der Waals surface area contributed by atoms with Gasteiger partial charge in [0.1, 0.15) is 5.52 Å². The molecule has 0 spiro atoms. The summed E-state index contributed by atoms with van der Waals surface area (Å²) in [4.78, 5) is 12.6. The second-order valence-corrected chi connectivity index (χ2v) is 6.50. The standard InChI is InChI=1S/C17H13Cl3N4O2/c1-2-26-17(25)16(15(21)9-4-3-5-10(18)6-9)24-14-8-12(20)11(19)7-13(14)22-23-24/h3-8H,2,21H2,1H3/b16-15+. The Hall–Kier alpha value is -2.28. The predicted molar refractivity (Wildman–Crippen MR) is 103 cm³/mol. The van der Waals surface area contributed by atoms with Crippen LogP contribution in [0.1, 0.15) is 12.5 Å². The first-order chi connectivity index (χ1) is 12.4. The third-order valence-corrected chi connectivity index (χ3v) is 4.52. The summed E-state index contributed by atoms with van der Waals surface area (Å²) in [5, 5.41) is 9.16. The summed E-state index contributed by atoms with van der Waals surface area (Å²) in [6.45, 7) is 1.87. The van der Waals surface area contributed by atoms with Crippen molar-refractivity contribution in [1.82, 2.24) is 15.0 Å². The normalized spacial score (nSPS) is 12.2. The lowest BCUT2D eigenvalue weighted by atomic mass is 10.1. The molecule has 3 rings (SSSR count). The van der Waals surface area contributed by atoms with Crippen molar-refractivity contribution < 1.29 is 9.53 Å². The maximum atomic E-state index is 12.6. The van der Waals surface area contributed by atoms with E-state index < -0.39 is 5.97 Å². The van der Waals surface area contributed by atoms with E-state index in [9.17, 15) is 4.79 Å². The highest BCUT2D eigenvalue weighted by atomic mass is 35.5. The molecule has 134 valence electrons. The number of fused-ring (bicyclic) bond motifs is 1. The van der Waals surface area contributed by atoms with Crippen molar-refractivity contribution in [3.05, 3.63) is 57.0 Å². The van der Waals surface area contributed by atoms with Gasteiger partial charge in [-0.05, 0) is 31.2 Å². The summed E-state index contributed by atoms with van der Waals surface area (Å²) in [7, 11) is 0. The van der Waals surface area contributed by atoms with Gasteiger partial charge in [0, 0.05) is 10.6 Å². The number of carbonyl (C=O) groups excluding carboxylic acids is 1. The van der Waals surface area contributed by atoms with Gasteiger partial charge in [-0.25, -0.2) is 9.48 Å². The minimum absolute atomic E-state index is 0.00926. The molecule has 0 radical (unpaired) electrons. The van der Waals surface area contributed by atoms with Crippen molar-refractivity contribution in [3.8, 4) is 0 Å². The van der Waals surface area contributed by atoms with Gasteiger partial charge < -0.3 is 10.5 Å². The van der Waals surface area contributed by atoms with Crippen LogP contribution in [0.4, 0.5) is 0 Å². The first kappa shape index (κ1) is 18.5. The number of esters is 1. The van der Waals surface area contributed by atoms with Gasteiger partial charge >= 0.3 is 5.97 Å². The van der Waals surface area contributed by atoms with E-state index in [1.165, 1.54) is 4.68 Å². The number of carbonyl (C=O) groups is 1. The predicted octanol–water partition coefficient (Wildman–Crippen LogP) is 4.24. The molecule has 3 aromatic rings. The first-order valence-corrected chi connectivity index (χ1v) is 8.69. The Morgan fingerprint density at radius 2 is 1.92 bits per heavy atom. The maximum absolute atomic E-state index is 12.6. The Kier molecular flexibility index (Phi) is 5.36. The van der Waals surface area contributed by atoms with Gasteiger partial charge in [0.25, 0.3) is 0 Å². The Bertz CT molecular complexity index is 1030. The van der Waals surface area contributed by atoms with Crippen LogP contribution in [0, 0.1) is 0 Å². The van der Waals surface area contributed by atoms with E-state index in [0.29, 0.717) is 31.7 Å². The van der Waals surface area contributed by atoms with Crippen LogP contribution >= 0.6 is 34.8 Å². The van der Waals surface area contributed by atoms with Gasteiger partial charge in [-0.15, -0.1) is 5.10 Å². The van der Waals surface area contributed by atoms with E-state index in [1.54, 1.807) is 43.3 Å². The summed E-state index contributed by atoms with van der Waals surface area (Å²) in [5.41, 5.74) is 7.88. The second-order valence-electron chi connectivity index (χ2n) is 5.25. The lowest BCUT2D eigenvalue weighted by Crippen LogP contribution is -2.18. The Balaban J connectivity index is 2.27. The van der Waals surface area contributed by atoms with Crippen LogP contribution in [0.3, 0.4) is 0 Å². The topological polar surface area (TPSA) is 83.0 Å². The molecule has 0 aliphatic heterocycles. The van der Waals surface area contributed by atoms with Gasteiger partial charge in [0.15, 0.2) is 5.70 Å². The number of nitrogens with zero attached hydrogens (tertiary/aromatic N) is 3. The Morgan fingerprint density at radius 3 is 2.62 bits per heavy atom. The number of aromatic nitrogens is 3. The molecule has 0 aliphatic rings. The summed E-state index contributed by atoms with van der Waals surface area (Å²) < 4.78 is 6.43. The molecule has 1 aromatic heterocycles. The molecule has 0 amide bonds. The van der Waals surface area contributed by atoms with Crippen molar-refractivity contribution in [2.24, 2.45) is 5.73 Å². The molecule has 2 N–H and O–H groups in total. The fourth-order valence-corrected chi connectivity index (χ4v) is 2.89. The SMILES string of the molecule is CCOC(=O)/C(=C(\N)c1cccc(Cl)c1)n1nnc2cc(Cl)c(Cl)cc21. The molecule has 0 saturated carbocycles. The van der Waals surface area contributed by atoms with Gasteiger partial charge in [-0.2, -0.15) is 0 Å². The van der Waals surface area contributed by atoms with Gasteiger partial charge in [0.2, 0.25) is 0 Å². The zero-order valence-electron chi connectivity index (χ0n) is 13.5. The van der Waals surface area contributed by atoms with Crippen molar-refractivity contribution in [1.29, 1.82) is 0 Å². The minimum atomic E-state index is -0.650. The molecule has 2 aromatic carbocycles. The number of ether oxygens (including phenoxy) is 1. The summed E-state index contributed by atoms with van der Waals surface area (Å²) in [6.07, 6.45) is 0. The fourth-order valence-electron chi connectivity index (χ4n) is 2.38. The van der Waals surface area contributed by atoms with Gasteiger partial charge in [-0.1, -0.05) is 52.1 Å². The minimum Gasteiger partial charge on any atom is -0.461 e. The molecule has 0 unspecified atom stereocenters. The molecule has 26 heavy (non-hydrogen) atoms. The van der Waals surface area contributed by atoms with Crippen LogP contribution in [0.15, 0.2) is 36.4 Å². The smallest absolute Gasteiger partial charge is 0.359 e. The number of hydrogen-bond donors (Lipinski definition) is 1. The fraction of sp³-hybridized carbons (Fsp3) is 0.118. The van der Waals surface area contributed by atoms with Gasteiger partial charge in [0.05, 0.1) is 27.9 Å². The molecule has 0 atom stereocenters.